The van der Waals surface area contributed by atoms with Gasteiger partial charge in [0, 0.05) is 0 Å². The molecule has 4 aliphatic carbocycles. The Kier molecular flexibility index (Phi) is 30.8. The summed E-state index contributed by atoms with van der Waals surface area (Å²) in [6, 6.07) is 0. The summed E-state index contributed by atoms with van der Waals surface area (Å²) in [5.74, 6) is 2.24. The fraction of sp³-hybridized carbons (Fsp3) is 0.600. The second-order valence-corrected chi connectivity index (χ2v) is 38.8. The number of allylic oxidation sites excluding steroid dienone is 16. The van der Waals surface area contributed by atoms with Crippen LogP contribution in [0.15, 0.2) is 66.9 Å². The Morgan fingerprint density at radius 3 is 0.500 bits per heavy atom. The van der Waals surface area contributed by atoms with Crippen LogP contribution < -0.4 is 0 Å². The molecule has 0 heterocycles. The van der Waals surface area contributed by atoms with Gasteiger partial charge in [0.05, 0.1) is 0 Å². The minimum absolute atomic E-state index is 0. The molecular weight excluding hydrogens is 964 g/mol. The molecule has 6 heteroatoms. The monoisotopic (exact) mass is 1030 g/mol. The molecule has 4 aliphatic rings. The Hall–Kier alpha value is 0.674. The molecule has 0 saturated heterocycles. The van der Waals surface area contributed by atoms with Crippen molar-refractivity contribution < 1.29 is 46.0 Å². The predicted octanol–water partition coefficient (Wildman–Crippen LogP) is 13.3. The van der Waals surface area contributed by atoms with Crippen LogP contribution in [-0.2, 0) is 46.0 Å². The first-order valence-electron chi connectivity index (χ1n) is 16.1. The van der Waals surface area contributed by atoms with Gasteiger partial charge in [0.25, 0.3) is 0 Å². The van der Waals surface area contributed by atoms with Crippen LogP contribution in [0.3, 0.4) is 0 Å². The molecule has 0 aromatic carbocycles. The smallest absolute Gasteiger partial charge is 0.147 e. The molecule has 0 aliphatic heterocycles. The van der Waals surface area contributed by atoms with Crippen LogP contribution in [0.2, 0.25) is 26.2 Å². The average Bonchev–Trinajstić information content (AvgIpc) is 3.46. The molecule has 0 bridgehead atoms. The third-order valence-corrected chi connectivity index (χ3v) is 8.95. The van der Waals surface area contributed by atoms with Gasteiger partial charge in [-0.25, -0.2) is 22.3 Å². The number of halogens is 2. The Bertz CT molecular complexity index is 1100. The molecular formula is C40H66Cl2Hf2Si2. The SMILES string of the molecule is CC1=[C-]C(C)C(C)=C1C.CC1=[C-]C(C)C(C)=C1C.CC1=[C-]C(C)C(C)=C1C.CC1=[C-]C(C)C(C)=C1C.C[Si](C)=[Hf+2].C[Si](C)=[Hf+2].Cl.Cl. The first kappa shape index (κ1) is 53.5. The van der Waals surface area contributed by atoms with Gasteiger partial charge in [-0.05, 0) is 0 Å². The number of hydrogen-bond acceptors (Lipinski definition) is 0. The summed E-state index contributed by atoms with van der Waals surface area (Å²) in [5.41, 5.74) is 17.5. The van der Waals surface area contributed by atoms with E-state index >= 15 is 0 Å². The van der Waals surface area contributed by atoms with Crippen molar-refractivity contribution in [3.8, 4) is 0 Å². The van der Waals surface area contributed by atoms with Crippen LogP contribution in [-0.4, -0.2) is 11.0 Å². The molecule has 0 saturated carbocycles. The van der Waals surface area contributed by atoms with Crippen molar-refractivity contribution in [3.05, 3.63) is 91.2 Å². The topological polar surface area (TPSA) is 0 Å². The van der Waals surface area contributed by atoms with E-state index in [2.05, 4.69) is 161 Å². The largest absolute Gasteiger partial charge is 0.147 e. The third kappa shape index (κ3) is 20.4. The summed E-state index contributed by atoms with van der Waals surface area (Å²) in [5, 5.41) is 0. The maximum atomic E-state index is 3.36. The molecule has 0 amide bonds. The number of hydrogen-bond donors (Lipinski definition) is 0. The molecule has 0 fully saturated rings. The zero-order chi connectivity index (χ0) is 35.2. The molecule has 4 atom stereocenters. The first-order chi connectivity index (χ1) is 20.0. The van der Waals surface area contributed by atoms with Crippen LogP contribution in [0, 0.1) is 48.0 Å². The maximum absolute atomic E-state index is 3.36. The van der Waals surface area contributed by atoms with Gasteiger partial charge in [-0.3, -0.25) is 24.3 Å². The summed E-state index contributed by atoms with van der Waals surface area (Å²) < 4.78 is 0. The van der Waals surface area contributed by atoms with Gasteiger partial charge in [0.15, 0.2) is 0 Å². The van der Waals surface area contributed by atoms with E-state index in [-0.39, 0.29) is 35.8 Å². The van der Waals surface area contributed by atoms with E-state index in [1.807, 2.05) is 0 Å². The predicted molar refractivity (Wildman–Crippen MR) is 209 cm³/mol. The van der Waals surface area contributed by atoms with Crippen molar-refractivity contribution in [2.45, 2.75) is 137 Å². The average molecular weight is 1030 g/mol. The van der Waals surface area contributed by atoms with Gasteiger partial charge in [-0.15, -0.1) is 52.5 Å². The van der Waals surface area contributed by atoms with Gasteiger partial charge in [0.1, 0.15) is 0 Å². The molecule has 46 heavy (non-hydrogen) atoms. The molecule has 0 N–H and O–H groups in total. The number of rotatable bonds is 0. The van der Waals surface area contributed by atoms with Gasteiger partial charge in [-0.1, -0.05) is 107 Å². The molecule has 4 unspecified atom stereocenters. The quantitative estimate of drug-likeness (QED) is 0.168. The van der Waals surface area contributed by atoms with Crippen LogP contribution in [0.4, 0.5) is 0 Å². The minimum atomic E-state index is 0. The van der Waals surface area contributed by atoms with Crippen molar-refractivity contribution in [1.82, 2.24) is 0 Å². The Balaban J connectivity index is -0.000000234. The zero-order valence-electron chi connectivity index (χ0n) is 33.1. The summed E-state index contributed by atoms with van der Waals surface area (Å²) in [6.45, 7) is 44.0. The zero-order valence-corrected chi connectivity index (χ0v) is 43.9. The fourth-order valence-electron chi connectivity index (χ4n) is 4.65. The summed E-state index contributed by atoms with van der Waals surface area (Å²) in [7, 11) is 0. The van der Waals surface area contributed by atoms with E-state index in [9.17, 15) is 0 Å². The molecule has 0 nitrogen and oxygen atoms in total. The summed E-state index contributed by atoms with van der Waals surface area (Å²) in [4.78, 5) is 0. The van der Waals surface area contributed by atoms with E-state index in [0.29, 0.717) is 23.7 Å². The Morgan fingerprint density at radius 1 is 0.370 bits per heavy atom. The Labute approximate surface area is 330 Å². The third-order valence-electron chi connectivity index (χ3n) is 8.95. The second-order valence-electron chi connectivity index (χ2n) is 13.2. The van der Waals surface area contributed by atoms with Crippen LogP contribution >= 0.6 is 24.8 Å². The molecule has 0 aromatic heterocycles. The summed E-state index contributed by atoms with van der Waals surface area (Å²) in [6.07, 6.45) is 13.4. The Morgan fingerprint density at radius 2 is 0.478 bits per heavy atom. The first-order valence-corrected chi connectivity index (χ1v) is 31.9. The van der Waals surface area contributed by atoms with Crippen LogP contribution in [0.25, 0.3) is 0 Å². The second kappa shape index (κ2) is 26.5. The minimum Gasteiger partial charge on any atom is -0.147 e. The van der Waals surface area contributed by atoms with Crippen LogP contribution in [0.1, 0.15) is 111 Å². The molecule has 0 spiro atoms. The van der Waals surface area contributed by atoms with E-state index in [1.165, 1.54) is 113 Å². The van der Waals surface area contributed by atoms with Gasteiger partial charge in [-0.2, -0.15) is 44.6 Å². The van der Waals surface area contributed by atoms with Gasteiger partial charge < -0.3 is 0 Å². The van der Waals surface area contributed by atoms with Crippen molar-refractivity contribution >= 4 is 35.8 Å². The standard InChI is InChI=1S/4C9H13.2C2H6Si.2ClH.2Hf/c4*1-6-5-7(2)9(4)8(6)3;2*1-3-2;;;;/h4*6H,1-4H3;2*1-2H3;2*1H;;/q4*-1;;;;;2*+2. The molecule has 256 valence electrons. The molecule has 0 radical (unpaired) electrons. The van der Waals surface area contributed by atoms with E-state index in [0.717, 1.165) is 0 Å². The van der Waals surface area contributed by atoms with Crippen molar-refractivity contribution in [2.24, 2.45) is 23.7 Å². The fourth-order valence-corrected chi connectivity index (χ4v) is 4.65. The molecule has 4 rings (SSSR count). The van der Waals surface area contributed by atoms with Gasteiger partial charge >= 0.3 is 83.2 Å². The van der Waals surface area contributed by atoms with E-state index < -0.39 is 0 Å². The maximum Gasteiger partial charge on any atom is -0.147 e. The summed E-state index contributed by atoms with van der Waals surface area (Å²) >= 11 is 2.90. The molecule has 0 aromatic rings. The normalized spacial score (nSPS) is 22.4. The van der Waals surface area contributed by atoms with Crippen LogP contribution in [0.5, 0.6) is 0 Å². The van der Waals surface area contributed by atoms with Crippen molar-refractivity contribution in [2.75, 3.05) is 0 Å². The van der Waals surface area contributed by atoms with Crippen molar-refractivity contribution in [1.29, 1.82) is 0 Å². The van der Waals surface area contributed by atoms with E-state index in [4.69, 9.17) is 0 Å². The van der Waals surface area contributed by atoms with Crippen molar-refractivity contribution in [3.63, 3.8) is 0 Å². The van der Waals surface area contributed by atoms with Gasteiger partial charge in [0.2, 0.25) is 0 Å². The van der Waals surface area contributed by atoms with E-state index in [1.54, 1.807) is 0 Å².